The van der Waals surface area contributed by atoms with Gasteiger partial charge in [0.1, 0.15) is 0 Å². The molecule has 0 saturated heterocycles. The molecule has 2 rings (SSSR count). The average Bonchev–Trinajstić information content (AvgIpc) is 2.63. The molecule has 0 aliphatic heterocycles. The molecule has 0 spiro atoms. The Labute approximate surface area is 170 Å². The lowest BCUT2D eigenvalue weighted by atomic mass is 10.1. The maximum Gasteiger partial charge on any atom is 0.261 e. The molecule has 0 fully saturated rings. The van der Waals surface area contributed by atoms with Gasteiger partial charge in [-0.1, -0.05) is 49.4 Å². The monoisotopic (exact) mass is 428 g/mol. The summed E-state index contributed by atoms with van der Waals surface area (Å²) < 4.78 is 27.6. The highest BCUT2D eigenvalue weighted by molar-refractivity contribution is 7.92. The van der Waals surface area contributed by atoms with Crippen LogP contribution in [0.1, 0.15) is 43.0 Å². The third-order valence-electron chi connectivity index (χ3n) is 3.91. The molecule has 27 heavy (non-hydrogen) atoms. The largest absolute Gasteiger partial charge is 0.352 e. The lowest BCUT2D eigenvalue weighted by Gasteiger charge is -2.13. The van der Waals surface area contributed by atoms with E-state index in [1.54, 1.807) is 0 Å². The first-order valence-corrected chi connectivity index (χ1v) is 10.9. The van der Waals surface area contributed by atoms with Crippen molar-refractivity contribution in [2.75, 3.05) is 11.3 Å². The Kier molecular flexibility index (Phi) is 7.95. The average molecular weight is 429 g/mol. The normalized spacial score (nSPS) is 11.2. The van der Waals surface area contributed by atoms with Gasteiger partial charge in [-0.25, -0.2) is 8.42 Å². The van der Waals surface area contributed by atoms with Crippen molar-refractivity contribution < 1.29 is 13.2 Å². The molecule has 0 saturated carbocycles. The summed E-state index contributed by atoms with van der Waals surface area (Å²) in [6.07, 6.45) is 4.12. The van der Waals surface area contributed by atoms with Gasteiger partial charge < -0.3 is 5.32 Å². The van der Waals surface area contributed by atoms with Crippen LogP contribution in [-0.2, 0) is 10.0 Å². The molecular weight excluding hydrogens is 407 g/mol. The Morgan fingerprint density at radius 1 is 0.963 bits per heavy atom. The van der Waals surface area contributed by atoms with E-state index in [0.717, 1.165) is 25.7 Å². The van der Waals surface area contributed by atoms with Crippen LogP contribution >= 0.6 is 23.2 Å². The van der Waals surface area contributed by atoms with Crippen molar-refractivity contribution in [3.63, 3.8) is 0 Å². The van der Waals surface area contributed by atoms with Crippen LogP contribution in [0.15, 0.2) is 47.4 Å². The van der Waals surface area contributed by atoms with Gasteiger partial charge in [0.15, 0.2) is 0 Å². The number of hydrogen-bond donors (Lipinski definition) is 2. The number of rotatable bonds is 9. The smallest absolute Gasteiger partial charge is 0.261 e. The molecule has 0 radical (unpaired) electrons. The zero-order valence-corrected chi connectivity index (χ0v) is 17.3. The zero-order valence-electron chi connectivity index (χ0n) is 15.0. The van der Waals surface area contributed by atoms with Crippen molar-refractivity contribution in [2.24, 2.45) is 0 Å². The topological polar surface area (TPSA) is 75.3 Å². The van der Waals surface area contributed by atoms with E-state index in [1.807, 2.05) is 0 Å². The summed E-state index contributed by atoms with van der Waals surface area (Å²) in [4.78, 5) is 12.5. The second-order valence-corrected chi connectivity index (χ2v) is 8.62. The van der Waals surface area contributed by atoms with Crippen LogP contribution in [0.2, 0.25) is 10.0 Å². The molecule has 0 atom stereocenters. The Bertz CT molecular complexity index is 884. The number of hydrogen-bond acceptors (Lipinski definition) is 3. The number of benzene rings is 2. The third-order valence-corrected chi connectivity index (χ3v) is 5.78. The number of sulfonamides is 1. The van der Waals surface area contributed by atoms with Gasteiger partial charge >= 0.3 is 0 Å². The van der Waals surface area contributed by atoms with E-state index in [-0.39, 0.29) is 22.1 Å². The summed E-state index contributed by atoms with van der Waals surface area (Å²) in [5.74, 6) is -0.372. The lowest BCUT2D eigenvalue weighted by molar-refractivity contribution is 0.0954. The first-order valence-electron chi connectivity index (χ1n) is 8.69. The second kappa shape index (κ2) is 9.97. The van der Waals surface area contributed by atoms with Gasteiger partial charge in [-0.3, -0.25) is 9.52 Å². The first kappa shape index (κ1) is 21.5. The van der Waals surface area contributed by atoms with Gasteiger partial charge in [0.2, 0.25) is 0 Å². The molecule has 8 heteroatoms. The molecule has 0 aromatic heterocycles. The summed E-state index contributed by atoms with van der Waals surface area (Å²) >= 11 is 11.8. The van der Waals surface area contributed by atoms with Crippen LogP contribution in [0.4, 0.5) is 5.69 Å². The van der Waals surface area contributed by atoms with E-state index in [0.29, 0.717) is 16.6 Å². The highest BCUT2D eigenvalue weighted by atomic mass is 35.5. The Morgan fingerprint density at radius 3 is 2.30 bits per heavy atom. The Morgan fingerprint density at radius 2 is 1.63 bits per heavy atom. The molecular formula is C19H22Cl2N2O3S. The lowest BCUT2D eigenvalue weighted by Crippen LogP contribution is -2.26. The molecule has 0 aliphatic carbocycles. The maximum absolute atomic E-state index is 12.6. The van der Waals surface area contributed by atoms with E-state index in [9.17, 15) is 13.2 Å². The van der Waals surface area contributed by atoms with Crippen molar-refractivity contribution in [3.05, 3.63) is 58.1 Å². The number of unbranched alkanes of at least 4 members (excludes halogenated alkanes) is 3. The molecule has 0 heterocycles. The van der Waals surface area contributed by atoms with E-state index < -0.39 is 10.0 Å². The molecule has 2 aromatic carbocycles. The van der Waals surface area contributed by atoms with E-state index in [4.69, 9.17) is 23.2 Å². The van der Waals surface area contributed by atoms with Crippen molar-refractivity contribution >= 4 is 44.8 Å². The van der Waals surface area contributed by atoms with Crippen molar-refractivity contribution in [1.29, 1.82) is 0 Å². The van der Waals surface area contributed by atoms with Crippen LogP contribution < -0.4 is 10.0 Å². The van der Waals surface area contributed by atoms with Crippen molar-refractivity contribution in [1.82, 2.24) is 5.32 Å². The molecule has 1 amide bonds. The molecule has 0 unspecified atom stereocenters. The molecule has 2 N–H and O–H groups in total. The number of carbonyl (C=O) groups is 1. The minimum absolute atomic E-state index is 0.0489. The molecule has 0 bridgehead atoms. The van der Waals surface area contributed by atoms with Crippen LogP contribution in [0, 0.1) is 0 Å². The second-order valence-electron chi connectivity index (χ2n) is 6.07. The quantitative estimate of drug-likeness (QED) is 0.545. The van der Waals surface area contributed by atoms with Gasteiger partial charge in [0, 0.05) is 16.6 Å². The standard InChI is InChI=1S/C19H22Cl2N2O3S/c1-2-3-4-5-12-22-19(24)17-13-15(21)8-11-18(17)23-27(25,26)16-9-6-14(20)7-10-16/h6-11,13,23H,2-5,12H2,1H3,(H,22,24). The van der Waals surface area contributed by atoms with Crippen LogP contribution in [0.25, 0.3) is 0 Å². The van der Waals surface area contributed by atoms with Gasteiger partial charge in [-0.05, 0) is 48.9 Å². The maximum atomic E-state index is 12.6. The SMILES string of the molecule is CCCCCCNC(=O)c1cc(Cl)ccc1NS(=O)(=O)c1ccc(Cl)cc1. The number of halogens is 2. The summed E-state index contributed by atoms with van der Waals surface area (Å²) in [5.41, 5.74) is 0.343. The Hall–Kier alpha value is -1.76. The summed E-state index contributed by atoms with van der Waals surface area (Å²) in [7, 11) is -3.86. The summed E-state index contributed by atoms with van der Waals surface area (Å²) in [6.45, 7) is 2.64. The molecule has 0 aliphatic rings. The number of anilines is 1. The Balaban J connectivity index is 2.17. The van der Waals surface area contributed by atoms with Crippen LogP contribution in [0.5, 0.6) is 0 Å². The minimum atomic E-state index is -3.86. The molecule has 146 valence electrons. The number of nitrogens with one attached hydrogen (secondary N) is 2. The van der Waals surface area contributed by atoms with Gasteiger partial charge in [0.25, 0.3) is 15.9 Å². The van der Waals surface area contributed by atoms with Crippen LogP contribution in [-0.4, -0.2) is 20.9 Å². The predicted molar refractivity (Wildman–Crippen MR) is 110 cm³/mol. The minimum Gasteiger partial charge on any atom is -0.352 e. The highest BCUT2D eigenvalue weighted by Gasteiger charge is 2.19. The summed E-state index contributed by atoms with van der Waals surface area (Å²) in [5, 5.41) is 3.59. The summed E-state index contributed by atoms with van der Waals surface area (Å²) in [6, 6.07) is 10.2. The first-order chi connectivity index (χ1) is 12.8. The molecule has 2 aromatic rings. The fourth-order valence-corrected chi connectivity index (χ4v) is 3.84. The zero-order chi connectivity index (χ0) is 19.9. The third kappa shape index (κ3) is 6.41. The van der Waals surface area contributed by atoms with Gasteiger partial charge in [-0.2, -0.15) is 0 Å². The predicted octanol–water partition coefficient (Wildman–Crippen LogP) is 5.10. The van der Waals surface area contributed by atoms with Gasteiger partial charge in [0.05, 0.1) is 16.1 Å². The van der Waals surface area contributed by atoms with E-state index >= 15 is 0 Å². The number of carbonyl (C=O) groups excluding carboxylic acids is 1. The highest BCUT2D eigenvalue weighted by Crippen LogP contribution is 2.24. The van der Waals surface area contributed by atoms with E-state index in [1.165, 1.54) is 42.5 Å². The molecule has 5 nitrogen and oxygen atoms in total. The number of amides is 1. The van der Waals surface area contributed by atoms with Crippen molar-refractivity contribution in [2.45, 2.75) is 37.5 Å². The fourth-order valence-electron chi connectivity index (χ4n) is 2.46. The van der Waals surface area contributed by atoms with Gasteiger partial charge in [-0.15, -0.1) is 0 Å². The fraction of sp³-hybridized carbons (Fsp3) is 0.316. The van der Waals surface area contributed by atoms with Crippen molar-refractivity contribution in [3.8, 4) is 0 Å². The van der Waals surface area contributed by atoms with E-state index in [2.05, 4.69) is 17.0 Å². The van der Waals surface area contributed by atoms with Crippen LogP contribution in [0.3, 0.4) is 0 Å².